The molecule has 1 heterocycles. The number of ether oxygens (including phenoxy) is 3. The molecule has 1 atom stereocenters. The van der Waals surface area contributed by atoms with E-state index in [0.717, 1.165) is 11.3 Å². The molecule has 0 unspecified atom stereocenters. The van der Waals surface area contributed by atoms with Gasteiger partial charge in [-0.2, -0.15) is 0 Å². The normalized spacial score (nSPS) is 11.7. The molecule has 0 saturated heterocycles. The number of esters is 3. The first kappa shape index (κ1) is 35.3. The van der Waals surface area contributed by atoms with Gasteiger partial charge in [0.15, 0.2) is 6.73 Å². The molecule has 0 radical (unpaired) electrons. The molecule has 0 fully saturated rings. The van der Waals surface area contributed by atoms with Crippen molar-refractivity contribution in [2.24, 2.45) is 5.41 Å². The van der Waals surface area contributed by atoms with E-state index < -0.39 is 35.3 Å². The average molecular weight is 633 g/mol. The lowest BCUT2D eigenvalue weighted by atomic mass is 9.98. The maximum absolute atomic E-state index is 13.2. The van der Waals surface area contributed by atoms with E-state index in [9.17, 15) is 24.0 Å². The molecule has 12 nitrogen and oxygen atoms in total. The van der Waals surface area contributed by atoms with E-state index in [0.29, 0.717) is 23.0 Å². The average Bonchev–Trinajstić information content (AvgIpc) is 3.02. The van der Waals surface area contributed by atoms with Crippen LogP contribution in [0.5, 0.6) is 0 Å². The third-order valence-corrected chi connectivity index (χ3v) is 6.80. The number of anilines is 1. The van der Waals surface area contributed by atoms with Crippen LogP contribution in [-0.2, 0) is 41.9 Å². The highest BCUT2D eigenvalue weighted by molar-refractivity contribution is 5.97. The van der Waals surface area contributed by atoms with Crippen LogP contribution in [0.25, 0.3) is 10.9 Å². The molecule has 0 aliphatic rings. The smallest absolute Gasteiger partial charge is 0.328 e. The zero-order valence-electron chi connectivity index (χ0n) is 26.8. The molecule has 0 saturated carbocycles. The maximum atomic E-state index is 13.2. The molecule has 0 aliphatic heterocycles. The summed E-state index contributed by atoms with van der Waals surface area (Å²) in [5.74, 6) is 0.576. The Bertz CT molecular complexity index is 1650. The van der Waals surface area contributed by atoms with Gasteiger partial charge in [-0.1, -0.05) is 12.0 Å². The fraction of sp³-hybridized carbons (Fsp3) is 0.412. The molecule has 1 aromatic heterocycles. The molecule has 0 bridgehead atoms. The summed E-state index contributed by atoms with van der Waals surface area (Å²) in [6.45, 7) is 9.19. The van der Waals surface area contributed by atoms with Crippen LogP contribution in [0.1, 0.15) is 63.4 Å². The lowest BCUT2D eigenvalue weighted by Gasteiger charge is -2.23. The van der Waals surface area contributed by atoms with Crippen molar-refractivity contribution in [2.75, 3.05) is 24.7 Å². The molecule has 1 N–H and O–H groups in total. The third kappa shape index (κ3) is 9.66. The summed E-state index contributed by atoms with van der Waals surface area (Å²) in [5, 5.41) is 3.01. The number of carbonyl (C=O) groups excluding carboxylic acids is 4. The van der Waals surface area contributed by atoms with E-state index in [1.807, 2.05) is 11.0 Å². The molecule has 12 heteroatoms. The van der Waals surface area contributed by atoms with Crippen molar-refractivity contribution in [3.05, 3.63) is 70.3 Å². The van der Waals surface area contributed by atoms with E-state index in [2.05, 4.69) is 16.2 Å². The Hall–Kier alpha value is -5.18. The summed E-state index contributed by atoms with van der Waals surface area (Å²) in [6.07, 6.45) is 6.98. The van der Waals surface area contributed by atoms with Gasteiger partial charge >= 0.3 is 17.9 Å². The van der Waals surface area contributed by atoms with E-state index >= 15 is 0 Å². The van der Waals surface area contributed by atoms with Gasteiger partial charge in [0, 0.05) is 24.2 Å². The number of amides is 1. The second-order valence-corrected chi connectivity index (χ2v) is 11.4. The predicted molar refractivity (Wildman–Crippen MR) is 172 cm³/mol. The number of nitrogens with one attached hydrogen (secondary N) is 1. The summed E-state index contributed by atoms with van der Waals surface area (Å²) < 4.78 is 16.5. The van der Waals surface area contributed by atoms with Crippen LogP contribution in [0.2, 0.25) is 0 Å². The van der Waals surface area contributed by atoms with Crippen LogP contribution in [-0.4, -0.2) is 59.2 Å². The highest BCUT2D eigenvalue weighted by Crippen LogP contribution is 2.20. The molecular formula is C34H40N4O8. The van der Waals surface area contributed by atoms with E-state index in [4.69, 9.17) is 20.6 Å². The van der Waals surface area contributed by atoms with Gasteiger partial charge in [0.1, 0.15) is 12.4 Å². The number of aromatic nitrogens is 2. The van der Waals surface area contributed by atoms with E-state index in [1.54, 1.807) is 71.0 Å². The van der Waals surface area contributed by atoms with Gasteiger partial charge in [0.25, 0.3) is 11.5 Å². The van der Waals surface area contributed by atoms with Crippen molar-refractivity contribution in [3.8, 4) is 12.3 Å². The molecule has 2 aromatic carbocycles. The maximum Gasteiger partial charge on any atom is 0.328 e. The zero-order chi connectivity index (χ0) is 33.9. The van der Waals surface area contributed by atoms with Crippen LogP contribution >= 0.6 is 0 Å². The number of carbonyl (C=O) groups is 4. The predicted octanol–water partition coefficient (Wildman–Crippen LogP) is 3.59. The van der Waals surface area contributed by atoms with Gasteiger partial charge in [0.2, 0.25) is 0 Å². The zero-order valence-corrected chi connectivity index (χ0v) is 26.8. The molecule has 46 heavy (non-hydrogen) atoms. The van der Waals surface area contributed by atoms with Crippen molar-refractivity contribution in [1.29, 1.82) is 0 Å². The lowest BCUT2D eigenvalue weighted by Crippen LogP contribution is -2.42. The molecular weight excluding hydrogens is 592 g/mol. The second-order valence-electron chi connectivity index (χ2n) is 11.4. The van der Waals surface area contributed by atoms with Crippen molar-refractivity contribution in [3.63, 3.8) is 0 Å². The number of hydrogen-bond donors (Lipinski definition) is 1. The number of benzene rings is 2. The molecule has 0 aliphatic carbocycles. The molecule has 0 spiro atoms. The highest BCUT2D eigenvalue weighted by atomic mass is 16.5. The molecule has 244 valence electrons. The summed E-state index contributed by atoms with van der Waals surface area (Å²) in [7, 11) is 0. The first-order valence-electron chi connectivity index (χ1n) is 14.9. The van der Waals surface area contributed by atoms with Crippen LogP contribution in [0.4, 0.5) is 5.69 Å². The standard InChI is InChI=1S/C34H40N4O8/c1-7-18-37(20-23-10-15-27-26(19-23)31(41)38(21-35-27)22-46-33(43)34(4,5)6)25-13-11-24(12-14-25)30(40)36-28(32(42)45-9-3)16-17-29(39)44-8-2/h1,10-15,19,21,28H,8-9,16-18,20,22H2,2-6H3,(H,36,40)/t28-/m1/s1. The first-order valence-corrected chi connectivity index (χ1v) is 14.9. The van der Waals surface area contributed by atoms with Gasteiger partial charge in [-0.05, 0) is 83.0 Å². The SMILES string of the molecule is C#CCN(Cc1ccc2ncn(COC(=O)C(C)(C)C)c(=O)c2c1)c1ccc(C(=O)N[C@H](CCC(=O)OCC)C(=O)OCC)cc1. The van der Waals surface area contributed by atoms with Crippen LogP contribution in [0, 0.1) is 17.8 Å². The van der Waals surface area contributed by atoms with Crippen molar-refractivity contribution in [2.45, 2.75) is 66.8 Å². The monoisotopic (exact) mass is 632 g/mol. The van der Waals surface area contributed by atoms with E-state index in [-0.39, 0.29) is 44.9 Å². The lowest BCUT2D eigenvalue weighted by molar-refractivity contribution is -0.157. The van der Waals surface area contributed by atoms with Crippen LogP contribution in [0.15, 0.2) is 53.6 Å². The molecule has 1 amide bonds. The number of fused-ring (bicyclic) bond motifs is 1. The summed E-state index contributed by atoms with van der Waals surface area (Å²) in [6, 6.07) is 10.9. The van der Waals surface area contributed by atoms with Gasteiger partial charge in [0.05, 0.1) is 36.1 Å². The Labute approximate surface area is 268 Å². The summed E-state index contributed by atoms with van der Waals surface area (Å²) in [5.41, 5.74) is 1.23. The van der Waals surface area contributed by atoms with Crippen molar-refractivity contribution < 1.29 is 33.4 Å². The number of nitrogens with zero attached hydrogens (tertiary/aromatic N) is 3. The number of rotatable bonds is 14. The topological polar surface area (TPSA) is 146 Å². The van der Waals surface area contributed by atoms with Crippen molar-refractivity contribution >= 4 is 40.4 Å². The van der Waals surface area contributed by atoms with Gasteiger partial charge in [-0.15, -0.1) is 6.42 Å². The van der Waals surface area contributed by atoms with Gasteiger partial charge in [-0.25, -0.2) is 9.78 Å². The Balaban J connectivity index is 1.76. The Kier molecular flexibility index (Phi) is 12.4. The quantitative estimate of drug-likeness (QED) is 0.159. The highest BCUT2D eigenvalue weighted by Gasteiger charge is 2.25. The second kappa shape index (κ2) is 16.2. The Morgan fingerprint density at radius 3 is 2.35 bits per heavy atom. The molecule has 3 aromatic rings. The fourth-order valence-electron chi connectivity index (χ4n) is 4.36. The number of terminal acetylenes is 1. The van der Waals surface area contributed by atoms with Gasteiger partial charge in [-0.3, -0.25) is 23.7 Å². The summed E-state index contributed by atoms with van der Waals surface area (Å²) in [4.78, 5) is 68.8. The van der Waals surface area contributed by atoms with Crippen LogP contribution < -0.4 is 15.8 Å². The number of hydrogen-bond acceptors (Lipinski definition) is 10. The Morgan fingerprint density at radius 1 is 1.02 bits per heavy atom. The first-order chi connectivity index (χ1) is 21.9. The minimum absolute atomic E-state index is 0.0336. The van der Waals surface area contributed by atoms with Crippen molar-refractivity contribution in [1.82, 2.24) is 14.9 Å². The van der Waals surface area contributed by atoms with Gasteiger partial charge < -0.3 is 24.4 Å². The Morgan fingerprint density at radius 2 is 1.72 bits per heavy atom. The third-order valence-electron chi connectivity index (χ3n) is 6.80. The minimum Gasteiger partial charge on any atom is -0.466 e. The largest absolute Gasteiger partial charge is 0.466 e. The van der Waals surface area contributed by atoms with Crippen LogP contribution in [0.3, 0.4) is 0 Å². The summed E-state index contributed by atoms with van der Waals surface area (Å²) >= 11 is 0. The minimum atomic E-state index is -1.02. The molecule has 3 rings (SSSR count). The fourth-order valence-corrected chi connectivity index (χ4v) is 4.36. The van der Waals surface area contributed by atoms with E-state index in [1.165, 1.54) is 10.9 Å².